The average molecular weight is 324 g/mol. The third-order valence-corrected chi connectivity index (χ3v) is 4.73. The van der Waals surface area contributed by atoms with Crippen LogP contribution in [0.15, 0.2) is 4.99 Å². The molecule has 0 aromatic rings. The zero-order valence-corrected chi connectivity index (χ0v) is 14.3. The van der Waals surface area contributed by atoms with Crippen molar-refractivity contribution in [3.05, 3.63) is 0 Å². The Labute approximate surface area is 139 Å². The lowest BCUT2D eigenvalue weighted by atomic mass is 9.93. The van der Waals surface area contributed by atoms with Crippen molar-refractivity contribution in [2.24, 2.45) is 4.99 Å². The number of rotatable bonds is 5. The summed E-state index contributed by atoms with van der Waals surface area (Å²) in [5, 5.41) is 19.2. The van der Waals surface area contributed by atoms with E-state index in [1.54, 1.807) is 0 Å². The Morgan fingerprint density at radius 1 is 1.00 bits per heavy atom. The molecular weight excluding hydrogens is 292 g/mol. The van der Waals surface area contributed by atoms with Crippen LogP contribution in [0.3, 0.4) is 0 Å². The highest BCUT2D eigenvalue weighted by molar-refractivity contribution is 5.85. The summed E-state index contributed by atoms with van der Waals surface area (Å²) in [6, 6.07) is 0.666. The van der Waals surface area contributed by atoms with Gasteiger partial charge in [-0.05, 0) is 45.4 Å². The van der Waals surface area contributed by atoms with Crippen LogP contribution in [0.1, 0.15) is 64.7 Å². The Bertz CT molecular complexity index is 386. The second kappa shape index (κ2) is 9.75. The molecule has 0 aromatic carbocycles. The first kappa shape index (κ1) is 18.0. The van der Waals surface area contributed by atoms with Gasteiger partial charge >= 0.3 is 0 Å². The van der Waals surface area contributed by atoms with Crippen LogP contribution in [-0.4, -0.2) is 48.3 Å². The van der Waals surface area contributed by atoms with Crippen molar-refractivity contribution in [1.29, 1.82) is 0 Å². The Hall–Kier alpha value is -1.30. The van der Waals surface area contributed by atoms with E-state index in [1.165, 1.54) is 19.3 Å². The quantitative estimate of drug-likeness (QED) is 0.453. The predicted octanol–water partition coefficient (Wildman–Crippen LogP) is 1.29. The number of carbonyl (C=O) groups is 1. The summed E-state index contributed by atoms with van der Waals surface area (Å²) >= 11 is 0. The molecule has 2 aliphatic rings. The van der Waals surface area contributed by atoms with Crippen LogP contribution in [0.4, 0.5) is 0 Å². The first-order valence-electron chi connectivity index (χ1n) is 9.19. The second-order valence-electron chi connectivity index (χ2n) is 6.75. The maximum absolute atomic E-state index is 12.0. The summed E-state index contributed by atoms with van der Waals surface area (Å²) in [6.07, 6.45) is 9.30. The van der Waals surface area contributed by atoms with Gasteiger partial charge in [-0.3, -0.25) is 4.79 Å². The van der Waals surface area contributed by atoms with Crippen molar-refractivity contribution in [2.45, 2.75) is 82.9 Å². The number of carbonyl (C=O) groups excluding carboxylic acids is 1. The molecule has 4 N–H and O–H groups in total. The number of nitrogens with zero attached hydrogens (tertiary/aromatic N) is 1. The molecule has 0 radical (unpaired) electrons. The second-order valence-corrected chi connectivity index (χ2v) is 6.75. The molecule has 0 atom stereocenters. The molecule has 0 aromatic heterocycles. The van der Waals surface area contributed by atoms with Crippen LogP contribution in [0.25, 0.3) is 0 Å². The van der Waals surface area contributed by atoms with Crippen LogP contribution in [0.2, 0.25) is 0 Å². The van der Waals surface area contributed by atoms with Gasteiger partial charge in [-0.15, -0.1) is 0 Å². The first-order valence-corrected chi connectivity index (χ1v) is 9.19. The minimum Gasteiger partial charge on any atom is -0.393 e. The van der Waals surface area contributed by atoms with Gasteiger partial charge in [-0.1, -0.05) is 19.3 Å². The van der Waals surface area contributed by atoms with Crippen LogP contribution in [0.5, 0.6) is 0 Å². The average Bonchev–Trinajstić information content (AvgIpc) is 2.56. The van der Waals surface area contributed by atoms with E-state index < -0.39 is 0 Å². The molecular formula is C17H32N4O2. The van der Waals surface area contributed by atoms with Gasteiger partial charge in [0, 0.05) is 18.6 Å². The lowest BCUT2D eigenvalue weighted by Crippen LogP contribution is -2.46. The highest BCUT2D eigenvalue weighted by Crippen LogP contribution is 2.18. The van der Waals surface area contributed by atoms with Crippen LogP contribution < -0.4 is 16.0 Å². The summed E-state index contributed by atoms with van der Waals surface area (Å²) in [7, 11) is 0. The highest BCUT2D eigenvalue weighted by atomic mass is 16.3. The van der Waals surface area contributed by atoms with Gasteiger partial charge in [0.2, 0.25) is 5.91 Å². The van der Waals surface area contributed by atoms with Gasteiger partial charge in [0.1, 0.15) is 6.54 Å². The molecule has 1 amide bonds. The monoisotopic (exact) mass is 324 g/mol. The Morgan fingerprint density at radius 2 is 1.65 bits per heavy atom. The third kappa shape index (κ3) is 6.77. The first-order chi connectivity index (χ1) is 11.2. The number of guanidine groups is 1. The summed E-state index contributed by atoms with van der Waals surface area (Å²) < 4.78 is 0. The number of nitrogens with one attached hydrogen (secondary N) is 3. The largest absolute Gasteiger partial charge is 0.393 e. The van der Waals surface area contributed by atoms with Crippen LogP contribution in [-0.2, 0) is 4.79 Å². The molecule has 0 spiro atoms. The van der Waals surface area contributed by atoms with Gasteiger partial charge in [0.05, 0.1) is 6.10 Å². The van der Waals surface area contributed by atoms with E-state index in [1.807, 2.05) is 6.92 Å². The van der Waals surface area contributed by atoms with E-state index in [9.17, 15) is 9.90 Å². The maximum atomic E-state index is 12.0. The number of aliphatic hydroxyl groups excluding tert-OH is 1. The molecule has 0 bridgehead atoms. The third-order valence-electron chi connectivity index (χ3n) is 4.73. The number of aliphatic imine (C=N–C) groups is 1. The summed E-state index contributed by atoms with van der Waals surface area (Å²) in [5.41, 5.74) is 0. The summed E-state index contributed by atoms with van der Waals surface area (Å²) in [5.74, 6) is 0.709. The van der Waals surface area contributed by atoms with Crippen LogP contribution >= 0.6 is 0 Å². The zero-order chi connectivity index (χ0) is 16.5. The van der Waals surface area contributed by atoms with E-state index in [4.69, 9.17) is 0 Å². The minimum atomic E-state index is -0.158. The van der Waals surface area contributed by atoms with E-state index in [0.717, 1.165) is 45.1 Å². The van der Waals surface area contributed by atoms with Gasteiger partial charge in [-0.2, -0.15) is 0 Å². The highest BCUT2D eigenvalue weighted by Gasteiger charge is 2.20. The van der Waals surface area contributed by atoms with E-state index in [0.29, 0.717) is 18.0 Å². The van der Waals surface area contributed by atoms with Gasteiger partial charge in [0.15, 0.2) is 5.96 Å². The molecule has 0 saturated heterocycles. The Morgan fingerprint density at radius 3 is 2.30 bits per heavy atom. The minimum absolute atomic E-state index is 0.00756. The van der Waals surface area contributed by atoms with Gasteiger partial charge < -0.3 is 21.1 Å². The molecule has 0 heterocycles. The molecule has 0 unspecified atom stereocenters. The Balaban J connectivity index is 1.76. The van der Waals surface area contributed by atoms with Crippen molar-refractivity contribution in [3.8, 4) is 0 Å². The fourth-order valence-corrected chi connectivity index (χ4v) is 3.40. The van der Waals surface area contributed by atoms with Gasteiger partial charge in [0.25, 0.3) is 0 Å². The molecule has 0 aliphatic heterocycles. The lowest BCUT2D eigenvalue weighted by molar-refractivity contribution is -0.120. The number of amides is 1. The summed E-state index contributed by atoms with van der Waals surface area (Å²) in [6.45, 7) is 2.95. The topological polar surface area (TPSA) is 85.8 Å². The lowest BCUT2D eigenvalue weighted by Gasteiger charge is -2.27. The fourth-order valence-electron chi connectivity index (χ4n) is 3.40. The molecule has 2 aliphatic carbocycles. The molecule has 6 nitrogen and oxygen atoms in total. The normalized spacial score (nSPS) is 26.6. The number of hydrogen-bond donors (Lipinski definition) is 4. The van der Waals surface area contributed by atoms with E-state index in [-0.39, 0.29) is 18.6 Å². The molecule has 23 heavy (non-hydrogen) atoms. The van der Waals surface area contributed by atoms with E-state index in [2.05, 4.69) is 20.9 Å². The van der Waals surface area contributed by atoms with Crippen molar-refractivity contribution < 1.29 is 9.90 Å². The van der Waals surface area contributed by atoms with Crippen molar-refractivity contribution in [2.75, 3.05) is 13.1 Å². The smallest absolute Gasteiger partial charge is 0.242 e. The van der Waals surface area contributed by atoms with E-state index >= 15 is 0 Å². The molecule has 6 heteroatoms. The summed E-state index contributed by atoms with van der Waals surface area (Å²) in [4.78, 5) is 16.5. The zero-order valence-electron chi connectivity index (χ0n) is 14.3. The van der Waals surface area contributed by atoms with Gasteiger partial charge in [-0.25, -0.2) is 4.99 Å². The van der Waals surface area contributed by atoms with Crippen molar-refractivity contribution >= 4 is 11.9 Å². The molecule has 132 valence electrons. The van der Waals surface area contributed by atoms with Crippen LogP contribution in [0, 0.1) is 0 Å². The predicted molar refractivity (Wildman–Crippen MR) is 92.4 cm³/mol. The maximum Gasteiger partial charge on any atom is 0.242 e. The SMILES string of the molecule is CCNC(=NCC(=O)NC1CCCCC1)NC1CCC(O)CC1. The Kier molecular flexibility index (Phi) is 7.65. The van der Waals surface area contributed by atoms with Crippen molar-refractivity contribution in [3.63, 3.8) is 0 Å². The standard InChI is InChI=1S/C17H32N4O2/c1-2-18-17(21-14-8-10-15(22)11-9-14)19-12-16(23)20-13-6-4-3-5-7-13/h13-15,22H,2-12H2,1H3,(H,20,23)(H2,18,19,21). The fraction of sp³-hybridized carbons (Fsp3) is 0.882. The molecule has 2 saturated carbocycles. The molecule has 2 fully saturated rings. The van der Waals surface area contributed by atoms with Crippen molar-refractivity contribution in [1.82, 2.24) is 16.0 Å². The number of aliphatic hydroxyl groups is 1. The number of hydrogen-bond acceptors (Lipinski definition) is 3. The molecule has 2 rings (SSSR count).